The molecule has 0 aliphatic carbocycles. The first-order chi connectivity index (χ1) is 8.66. The van der Waals surface area contributed by atoms with E-state index in [4.69, 9.17) is 9.47 Å². The first kappa shape index (κ1) is 13.6. The van der Waals surface area contributed by atoms with Gasteiger partial charge in [-0.15, -0.1) is 0 Å². The second kappa shape index (κ2) is 5.85. The van der Waals surface area contributed by atoms with Crippen LogP contribution >= 0.6 is 0 Å². The molecule has 0 amide bonds. The fraction of sp³-hybridized carbons (Fsp3) is 0.625. The Labute approximate surface area is 110 Å². The molecule has 2 rings (SSSR count). The van der Waals surface area contributed by atoms with Crippen molar-refractivity contribution in [2.45, 2.75) is 64.4 Å². The SMILES string of the molecule is CCCC[C@]1(c2ccccc2)C[C@H](C)O[C@H](C)O1. The predicted molar refractivity (Wildman–Crippen MR) is 73.4 cm³/mol. The number of unbranched alkanes of at least 4 members (excludes halogenated alkanes) is 1. The van der Waals surface area contributed by atoms with E-state index in [0.717, 1.165) is 12.8 Å². The molecule has 1 fully saturated rings. The molecule has 1 aromatic carbocycles. The highest BCUT2D eigenvalue weighted by molar-refractivity contribution is 5.23. The lowest BCUT2D eigenvalue weighted by atomic mass is 9.83. The Kier molecular flexibility index (Phi) is 4.41. The largest absolute Gasteiger partial charge is 0.350 e. The van der Waals surface area contributed by atoms with Gasteiger partial charge in [-0.2, -0.15) is 0 Å². The molecular weight excluding hydrogens is 224 g/mol. The number of hydrogen-bond donors (Lipinski definition) is 0. The van der Waals surface area contributed by atoms with Crippen LogP contribution in [0.4, 0.5) is 0 Å². The molecular formula is C16H24O2. The van der Waals surface area contributed by atoms with E-state index >= 15 is 0 Å². The maximum Gasteiger partial charge on any atom is 0.156 e. The Balaban J connectivity index is 2.28. The van der Waals surface area contributed by atoms with E-state index in [-0.39, 0.29) is 18.0 Å². The lowest BCUT2D eigenvalue weighted by Gasteiger charge is -2.43. The van der Waals surface area contributed by atoms with Crippen LogP contribution in [0.1, 0.15) is 52.0 Å². The summed E-state index contributed by atoms with van der Waals surface area (Å²) in [6.07, 6.45) is 4.54. The average molecular weight is 248 g/mol. The summed E-state index contributed by atoms with van der Waals surface area (Å²) in [4.78, 5) is 0. The molecule has 1 aromatic rings. The molecule has 0 saturated carbocycles. The zero-order valence-electron chi connectivity index (χ0n) is 11.7. The lowest BCUT2D eigenvalue weighted by Crippen LogP contribution is -2.44. The zero-order valence-corrected chi connectivity index (χ0v) is 11.7. The molecule has 0 aromatic heterocycles. The second-order valence-corrected chi connectivity index (χ2v) is 5.30. The lowest BCUT2D eigenvalue weighted by molar-refractivity contribution is -0.279. The Bertz CT molecular complexity index is 351. The van der Waals surface area contributed by atoms with Gasteiger partial charge in [-0.05, 0) is 25.8 Å². The van der Waals surface area contributed by atoms with E-state index in [2.05, 4.69) is 44.2 Å². The van der Waals surface area contributed by atoms with Gasteiger partial charge in [-0.3, -0.25) is 0 Å². The van der Waals surface area contributed by atoms with Crippen molar-refractivity contribution < 1.29 is 9.47 Å². The number of rotatable bonds is 4. The van der Waals surface area contributed by atoms with Gasteiger partial charge >= 0.3 is 0 Å². The van der Waals surface area contributed by atoms with Gasteiger partial charge in [0.1, 0.15) is 0 Å². The standard InChI is InChI=1S/C16H24O2/c1-4-5-11-16(15-9-7-6-8-10-15)12-13(2)17-14(3)18-16/h6-10,13-14H,4-5,11-12H2,1-3H3/t13-,14-,16+/m0/s1. The van der Waals surface area contributed by atoms with Gasteiger partial charge in [0.05, 0.1) is 11.7 Å². The van der Waals surface area contributed by atoms with Crippen molar-refractivity contribution in [3.05, 3.63) is 35.9 Å². The highest BCUT2D eigenvalue weighted by atomic mass is 16.7. The minimum atomic E-state index is -0.158. The summed E-state index contributed by atoms with van der Waals surface area (Å²) in [5.41, 5.74) is 1.13. The topological polar surface area (TPSA) is 18.5 Å². The Morgan fingerprint density at radius 1 is 1.22 bits per heavy atom. The van der Waals surface area contributed by atoms with Crippen LogP contribution in [0.15, 0.2) is 30.3 Å². The molecule has 1 aliphatic rings. The molecule has 1 aliphatic heterocycles. The summed E-state index contributed by atoms with van der Waals surface area (Å²) in [6, 6.07) is 10.6. The number of benzene rings is 1. The van der Waals surface area contributed by atoms with Crippen LogP contribution in [0.5, 0.6) is 0 Å². The summed E-state index contributed by atoms with van der Waals surface area (Å²) in [5.74, 6) is 0. The van der Waals surface area contributed by atoms with E-state index in [0.29, 0.717) is 0 Å². The smallest absolute Gasteiger partial charge is 0.156 e. The van der Waals surface area contributed by atoms with E-state index in [1.54, 1.807) is 0 Å². The average Bonchev–Trinajstić information content (AvgIpc) is 2.36. The summed E-state index contributed by atoms with van der Waals surface area (Å²) in [7, 11) is 0. The van der Waals surface area contributed by atoms with Crippen molar-refractivity contribution in [3.8, 4) is 0 Å². The molecule has 2 nitrogen and oxygen atoms in total. The predicted octanol–water partition coefficient (Wildman–Crippen LogP) is 4.24. The highest BCUT2D eigenvalue weighted by Gasteiger charge is 2.40. The van der Waals surface area contributed by atoms with Crippen LogP contribution < -0.4 is 0 Å². The molecule has 0 N–H and O–H groups in total. The maximum absolute atomic E-state index is 6.21. The fourth-order valence-corrected chi connectivity index (χ4v) is 2.93. The Morgan fingerprint density at radius 2 is 1.94 bits per heavy atom. The quantitative estimate of drug-likeness (QED) is 0.793. The molecule has 0 bridgehead atoms. The van der Waals surface area contributed by atoms with Crippen LogP contribution in [-0.4, -0.2) is 12.4 Å². The molecule has 18 heavy (non-hydrogen) atoms. The van der Waals surface area contributed by atoms with Gasteiger partial charge in [-0.25, -0.2) is 0 Å². The van der Waals surface area contributed by atoms with Crippen LogP contribution in [0.25, 0.3) is 0 Å². The molecule has 0 spiro atoms. The zero-order chi connectivity index (χ0) is 13.0. The maximum atomic E-state index is 6.21. The monoisotopic (exact) mass is 248 g/mol. The Hall–Kier alpha value is -0.860. The Morgan fingerprint density at radius 3 is 2.56 bits per heavy atom. The van der Waals surface area contributed by atoms with E-state index in [1.165, 1.54) is 18.4 Å². The van der Waals surface area contributed by atoms with Crippen LogP contribution in [0.2, 0.25) is 0 Å². The van der Waals surface area contributed by atoms with Crippen LogP contribution in [0.3, 0.4) is 0 Å². The molecule has 1 saturated heterocycles. The fourth-order valence-electron chi connectivity index (χ4n) is 2.93. The van der Waals surface area contributed by atoms with E-state index in [1.807, 2.05) is 6.92 Å². The highest BCUT2D eigenvalue weighted by Crippen LogP contribution is 2.41. The van der Waals surface area contributed by atoms with Crippen molar-refractivity contribution in [1.82, 2.24) is 0 Å². The summed E-state index contributed by atoms with van der Waals surface area (Å²) in [6.45, 7) is 6.37. The molecule has 3 atom stereocenters. The van der Waals surface area contributed by atoms with E-state index in [9.17, 15) is 0 Å². The summed E-state index contributed by atoms with van der Waals surface area (Å²) < 4.78 is 11.9. The van der Waals surface area contributed by atoms with Gasteiger partial charge in [0.2, 0.25) is 0 Å². The second-order valence-electron chi connectivity index (χ2n) is 5.30. The third-order valence-corrected chi connectivity index (χ3v) is 3.67. The molecule has 2 heteroatoms. The van der Waals surface area contributed by atoms with Crippen molar-refractivity contribution in [1.29, 1.82) is 0 Å². The number of hydrogen-bond acceptors (Lipinski definition) is 2. The van der Waals surface area contributed by atoms with Gasteiger partial charge < -0.3 is 9.47 Å². The van der Waals surface area contributed by atoms with Crippen LogP contribution in [-0.2, 0) is 15.1 Å². The van der Waals surface area contributed by atoms with Crippen molar-refractivity contribution >= 4 is 0 Å². The third-order valence-electron chi connectivity index (χ3n) is 3.67. The normalized spacial score (nSPS) is 32.4. The van der Waals surface area contributed by atoms with Gasteiger partial charge in [0.25, 0.3) is 0 Å². The van der Waals surface area contributed by atoms with Crippen molar-refractivity contribution in [2.75, 3.05) is 0 Å². The molecule has 1 heterocycles. The van der Waals surface area contributed by atoms with Gasteiger partial charge in [0, 0.05) is 6.42 Å². The first-order valence-corrected chi connectivity index (χ1v) is 7.05. The summed E-state index contributed by atoms with van der Waals surface area (Å²) in [5, 5.41) is 0. The third kappa shape index (κ3) is 2.93. The van der Waals surface area contributed by atoms with E-state index < -0.39 is 0 Å². The number of ether oxygens (including phenoxy) is 2. The summed E-state index contributed by atoms with van der Waals surface area (Å²) >= 11 is 0. The molecule has 0 radical (unpaired) electrons. The minimum absolute atomic E-state index is 0.120. The minimum Gasteiger partial charge on any atom is -0.350 e. The molecule has 100 valence electrons. The molecule has 0 unspecified atom stereocenters. The van der Waals surface area contributed by atoms with Crippen molar-refractivity contribution in [3.63, 3.8) is 0 Å². The van der Waals surface area contributed by atoms with Crippen molar-refractivity contribution in [2.24, 2.45) is 0 Å². The first-order valence-electron chi connectivity index (χ1n) is 7.05. The van der Waals surface area contributed by atoms with Gasteiger partial charge in [-0.1, -0.05) is 50.1 Å². The van der Waals surface area contributed by atoms with Gasteiger partial charge in [0.15, 0.2) is 6.29 Å². The van der Waals surface area contributed by atoms with Crippen LogP contribution in [0, 0.1) is 0 Å².